The summed E-state index contributed by atoms with van der Waals surface area (Å²) in [7, 11) is 0. The number of hydrogen-bond donors (Lipinski definition) is 2. The van der Waals surface area contributed by atoms with E-state index >= 15 is 0 Å². The van der Waals surface area contributed by atoms with E-state index in [1.165, 1.54) is 0 Å². The second-order valence-electron chi connectivity index (χ2n) is 9.58. The van der Waals surface area contributed by atoms with Crippen molar-refractivity contribution in [1.29, 1.82) is 0 Å². The Balaban J connectivity index is 1.88. The maximum atomic E-state index is 13.3. The van der Waals surface area contributed by atoms with E-state index in [0.29, 0.717) is 29.0 Å². The number of carbonyl (C=O) groups excluding carboxylic acids is 2. The number of anilines is 3. The lowest BCUT2D eigenvalue weighted by atomic mass is 10.0. The lowest BCUT2D eigenvalue weighted by molar-refractivity contribution is -0.121. The molecule has 0 atom stereocenters. The van der Waals surface area contributed by atoms with Gasteiger partial charge in [-0.05, 0) is 78.3 Å². The molecular weight excluding hydrogens is 450 g/mol. The molecule has 35 heavy (non-hydrogen) atoms. The molecule has 0 fully saturated rings. The Kier molecular flexibility index (Phi) is 7.14. The number of carbonyl (C=O) groups is 2. The van der Waals surface area contributed by atoms with Crippen molar-refractivity contribution < 1.29 is 18.7 Å². The van der Waals surface area contributed by atoms with Gasteiger partial charge >= 0.3 is 11.7 Å². The number of nitrogens with zero attached hydrogens (tertiary/aromatic N) is 3. The van der Waals surface area contributed by atoms with Gasteiger partial charge in [0.2, 0.25) is 0 Å². The molecule has 0 spiro atoms. The molecule has 0 saturated carbocycles. The van der Waals surface area contributed by atoms with Crippen molar-refractivity contribution in [3.05, 3.63) is 52.6 Å². The van der Waals surface area contributed by atoms with Crippen molar-refractivity contribution >= 4 is 40.3 Å². The smallest absolute Gasteiger partial charge is 0.412 e. The molecule has 0 aliphatic rings. The molecule has 2 heterocycles. The van der Waals surface area contributed by atoms with E-state index in [2.05, 4.69) is 20.6 Å². The van der Waals surface area contributed by atoms with Gasteiger partial charge in [0.1, 0.15) is 11.1 Å². The zero-order chi connectivity index (χ0) is 26.0. The third kappa shape index (κ3) is 5.95. The third-order valence-corrected chi connectivity index (χ3v) is 5.17. The van der Waals surface area contributed by atoms with Gasteiger partial charge in [-0.15, -0.1) is 0 Å². The van der Waals surface area contributed by atoms with Gasteiger partial charge in [-0.2, -0.15) is 4.98 Å². The lowest BCUT2D eigenvalue weighted by Crippen LogP contribution is -2.50. The monoisotopic (exact) mass is 481 g/mol. The van der Waals surface area contributed by atoms with Crippen LogP contribution in [0.5, 0.6) is 0 Å². The van der Waals surface area contributed by atoms with Gasteiger partial charge < -0.3 is 19.4 Å². The molecule has 0 radical (unpaired) electrons. The van der Waals surface area contributed by atoms with Crippen LogP contribution in [0.15, 0.2) is 45.9 Å². The van der Waals surface area contributed by atoms with E-state index in [4.69, 9.17) is 9.15 Å². The summed E-state index contributed by atoms with van der Waals surface area (Å²) < 4.78 is 10.7. The van der Waals surface area contributed by atoms with E-state index < -0.39 is 22.9 Å². The van der Waals surface area contributed by atoms with Crippen molar-refractivity contribution in [2.45, 2.75) is 59.6 Å². The molecule has 1 aromatic carbocycles. The number of rotatable bonds is 6. The first-order valence-corrected chi connectivity index (χ1v) is 11.3. The van der Waals surface area contributed by atoms with Crippen molar-refractivity contribution in [2.24, 2.45) is 0 Å². The Labute approximate surface area is 203 Å². The minimum Gasteiger partial charge on any atom is -0.444 e. The first-order chi connectivity index (χ1) is 16.3. The predicted octanol–water partition coefficient (Wildman–Crippen LogP) is 4.48. The van der Waals surface area contributed by atoms with Crippen LogP contribution in [-0.4, -0.2) is 39.7 Å². The van der Waals surface area contributed by atoms with Gasteiger partial charge in [0, 0.05) is 18.4 Å². The van der Waals surface area contributed by atoms with E-state index in [-0.39, 0.29) is 17.3 Å². The number of nitrogens with one attached hydrogen (secondary N) is 2. The highest BCUT2D eigenvalue weighted by Crippen LogP contribution is 2.25. The second kappa shape index (κ2) is 9.73. The molecule has 0 unspecified atom stereocenters. The number of likely N-dealkylation sites (N-methyl/N-ethyl adjacent to an activating group) is 1. The van der Waals surface area contributed by atoms with E-state index in [1.807, 2.05) is 6.92 Å². The first-order valence-electron chi connectivity index (χ1n) is 11.3. The summed E-state index contributed by atoms with van der Waals surface area (Å²) >= 11 is 0. The number of pyridine rings is 1. The molecule has 3 rings (SSSR count). The van der Waals surface area contributed by atoms with Crippen LogP contribution in [0, 0.1) is 6.92 Å². The molecule has 186 valence electrons. The Morgan fingerprint density at radius 1 is 1.14 bits per heavy atom. The van der Waals surface area contributed by atoms with Crippen LogP contribution in [0.4, 0.5) is 22.2 Å². The highest BCUT2D eigenvalue weighted by molar-refractivity contribution is 6.01. The molecule has 0 saturated heterocycles. The Hall–Kier alpha value is -3.95. The number of fused-ring (bicyclic) bond motifs is 1. The van der Waals surface area contributed by atoms with Crippen LogP contribution in [0.2, 0.25) is 0 Å². The van der Waals surface area contributed by atoms with Crippen LogP contribution >= 0.6 is 0 Å². The molecule has 0 aliphatic carbocycles. The molecule has 0 bridgehead atoms. The Morgan fingerprint density at radius 3 is 2.46 bits per heavy atom. The number of aromatic nitrogens is 2. The molecular formula is C25H31N5O5. The largest absolute Gasteiger partial charge is 0.444 e. The summed E-state index contributed by atoms with van der Waals surface area (Å²) in [4.78, 5) is 48.4. The normalized spacial score (nSPS) is 11.7. The fourth-order valence-corrected chi connectivity index (χ4v) is 3.54. The number of aryl methyl sites for hydroxylation is 1. The summed E-state index contributed by atoms with van der Waals surface area (Å²) in [5.74, 6) is -0.245. The Morgan fingerprint density at radius 2 is 1.86 bits per heavy atom. The second-order valence-corrected chi connectivity index (χ2v) is 9.58. The molecule has 2 N–H and O–H groups in total. The van der Waals surface area contributed by atoms with Crippen LogP contribution in [0.25, 0.3) is 10.9 Å². The topological polar surface area (TPSA) is 127 Å². The number of amides is 2. The highest BCUT2D eigenvalue weighted by atomic mass is 16.6. The Bertz CT molecular complexity index is 1300. The minimum absolute atomic E-state index is 0.0876. The third-order valence-electron chi connectivity index (χ3n) is 5.17. The zero-order valence-electron chi connectivity index (χ0n) is 21.1. The highest BCUT2D eigenvalue weighted by Gasteiger charge is 2.33. The summed E-state index contributed by atoms with van der Waals surface area (Å²) in [6, 6.07) is 6.69. The lowest BCUT2D eigenvalue weighted by Gasteiger charge is -2.31. The van der Waals surface area contributed by atoms with Crippen LogP contribution in [-0.2, 0) is 9.53 Å². The van der Waals surface area contributed by atoms with Crippen molar-refractivity contribution in [3.8, 4) is 0 Å². The number of benzene rings is 1. The summed E-state index contributed by atoms with van der Waals surface area (Å²) in [5, 5.41) is 5.82. The molecule has 2 amide bonds. The van der Waals surface area contributed by atoms with Crippen molar-refractivity contribution in [3.63, 3.8) is 0 Å². The SMILES string of the molecule is CCN(C(=O)C(C)(C)Nc1nc2ccc(NC(=O)OC(C)(C)C)c(C)c2c(=O)o1)c1cccnc1. The molecule has 3 aromatic rings. The average molecular weight is 482 g/mol. The molecule has 2 aromatic heterocycles. The summed E-state index contributed by atoms with van der Waals surface area (Å²) in [6.07, 6.45) is 2.61. The van der Waals surface area contributed by atoms with Crippen LogP contribution < -0.4 is 21.2 Å². The van der Waals surface area contributed by atoms with E-state index in [9.17, 15) is 14.4 Å². The quantitative estimate of drug-likeness (QED) is 0.528. The average Bonchev–Trinajstić information content (AvgIpc) is 2.75. The van der Waals surface area contributed by atoms with Gasteiger partial charge in [-0.1, -0.05) is 0 Å². The van der Waals surface area contributed by atoms with Gasteiger partial charge in [-0.25, -0.2) is 9.59 Å². The number of ether oxygens (including phenoxy) is 1. The maximum Gasteiger partial charge on any atom is 0.412 e. The van der Waals surface area contributed by atoms with Crippen LogP contribution in [0.3, 0.4) is 0 Å². The fraction of sp³-hybridized carbons (Fsp3) is 0.400. The first kappa shape index (κ1) is 25.7. The molecule has 10 nitrogen and oxygen atoms in total. The van der Waals surface area contributed by atoms with Gasteiger partial charge in [-0.3, -0.25) is 15.1 Å². The fourth-order valence-electron chi connectivity index (χ4n) is 3.54. The van der Waals surface area contributed by atoms with Crippen molar-refractivity contribution in [1.82, 2.24) is 9.97 Å². The zero-order valence-corrected chi connectivity index (χ0v) is 21.1. The van der Waals surface area contributed by atoms with E-state index in [1.54, 1.807) is 83.1 Å². The minimum atomic E-state index is -1.14. The van der Waals surface area contributed by atoms with E-state index in [0.717, 1.165) is 0 Å². The summed E-state index contributed by atoms with van der Waals surface area (Å²) in [6.45, 7) is 12.6. The van der Waals surface area contributed by atoms with Gasteiger partial charge in [0.25, 0.3) is 11.9 Å². The van der Waals surface area contributed by atoms with Gasteiger partial charge in [0.15, 0.2) is 0 Å². The van der Waals surface area contributed by atoms with Crippen molar-refractivity contribution in [2.75, 3.05) is 22.1 Å². The maximum absolute atomic E-state index is 13.3. The molecule has 0 aliphatic heterocycles. The predicted molar refractivity (Wildman–Crippen MR) is 135 cm³/mol. The standard InChI is InChI=1S/C25H31N5O5/c1-8-30(16-10-9-13-26-14-16)21(32)25(6,7)29-22-27-18-12-11-17(15(2)19(18)20(31)34-22)28-23(33)35-24(3,4)5/h9-14H,8H2,1-7H3,(H,27,29)(H,28,33). The molecule has 10 heteroatoms. The number of hydrogen-bond acceptors (Lipinski definition) is 8. The van der Waals surface area contributed by atoms with Gasteiger partial charge in [0.05, 0.1) is 22.8 Å². The summed E-state index contributed by atoms with van der Waals surface area (Å²) in [5.41, 5.74) is -0.536. The van der Waals surface area contributed by atoms with Crippen LogP contribution in [0.1, 0.15) is 47.1 Å².